The van der Waals surface area contributed by atoms with Gasteiger partial charge in [0.25, 0.3) is 0 Å². The maximum atomic E-state index is 12.7. The van der Waals surface area contributed by atoms with Crippen LogP contribution < -0.4 is 0 Å². The quantitative estimate of drug-likeness (QED) is 0.783. The maximum Gasteiger partial charge on any atom is 0.166 e. The van der Waals surface area contributed by atoms with Crippen molar-refractivity contribution in [2.24, 2.45) is 5.92 Å². The summed E-state index contributed by atoms with van der Waals surface area (Å²) in [5.74, 6) is 0.440. The molecule has 1 aromatic rings. The van der Waals surface area contributed by atoms with Crippen LogP contribution >= 0.6 is 0 Å². The first-order valence-electron chi connectivity index (χ1n) is 7.35. The van der Waals surface area contributed by atoms with Gasteiger partial charge in [-0.15, -0.1) is 0 Å². The molecule has 102 valence electrons. The Morgan fingerprint density at radius 1 is 1.53 bits per heavy atom. The monoisotopic (exact) mass is 259 g/mol. The third-order valence-corrected chi connectivity index (χ3v) is 4.68. The number of hydrogen-bond acceptors (Lipinski definition) is 3. The van der Waals surface area contributed by atoms with Crippen LogP contribution in [0.3, 0.4) is 0 Å². The minimum absolute atomic E-state index is 0.0397. The van der Waals surface area contributed by atoms with E-state index in [2.05, 4.69) is 11.9 Å². The third-order valence-electron chi connectivity index (χ3n) is 4.68. The van der Waals surface area contributed by atoms with Gasteiger partial charge in [-0.25, -0.2) is 0 Å². The van der Waals surface area contributed by atoms with Crippen molar-refractivity contribution < 1.29 is 9.53 Å². The van der Waals surface area contributed by atoms with E-state index in [1.54, 1.807) is 6.20 Å². The first kappa shape index (κ1) is 12.8. The lowest BCUT2D eigenvalue weighted by molar-refractivity contribution is -0.137. The number of rotatable bonds is 3. The number of Topliss-reactive ketones (excluding diaryl/α,β-unsaturated/α-hetero) is 1. The first-order valence-corrected chi connectivity index (χ1v) is 7.35. The van der Waals surface area contributed by atoms with Gasteiger partial charge in [-0.1, -0.05) is 6.92 Å². The van der Waals surface area contributed by atoms with Crippen LogP contribution in [0.1, 0.15) is 54.9 Å². The lowest BCUT2D eigenvalue weighted by atomic mass is 9.70. The fourth-order valence-corrected chi connectivity index (χ4v) is 3.34. The lowest BCUT2D eigenvalue weighted by Gasteiger charge is -2.46. The fourth-order valence-electron chi connectivity index (χ4n) is 3.34. The van der Waals surface area contributed by atoms with Gasteiger partial charge in [-0.05, 0) is 50.2 Å². The molecule has 1 aromatic heterocycles. The van der Waals surface area contributed by atoms with Gasteiger partial charge in [-0.2, -0.15) is 0 Å². The van der Waals surface area contributed by atoms with E-state index in [0.717, 1.165) is 49.8 Å². The molecule has 1 spiro atoms. The predicted molar refractivity (Wildman–Crippen MR) is 73.2 cm³/mol. The average molecular weight is 259 g/mol. The minimum atomic E-state index is 0.0397. The van der Waals surface area contributed by atoms with E-state index in [1.807, 2.05) is 12.3 Å². The molecule has 0 amide bonds. The SMILES string of the molecule is CCc1cnccc1C(=O)C1CCOC2(CCC2)C1. The Bertz CT molecular complexity index is 479. The van der Waals surface area contributed by atoms with Crippen molar-refractivity contribution in [1.29, 1.82) is 0 Å². The highest BCUT2D eigenvalue weighted by atomic mass is 16.5. The average Bonchev–Trinajstić information content (AvgIpc) is 2.45. The second kappa shape index (κ2) is 5.04. The Morgan fingerprint density at radius 3 is 3.05 bits per heavy atom. The number of nitrogens with zero attached hydrogens (tertiary/aromatic N) is 1. The lowest BCUT2D eigenvalue weighted by Crippen LogP contribution is -2.47. The van der Waals surface area contributed by atoms with Gasteiger partial charge in [0, 0.05) is 30.5 Å². The van der Waals surface area contributed by atoms with Crippen molar-refractivity contribution in [2.75, 3.05) is 6.61 Å². The number of aromatic nitrogens is 1. The molecule has 2 fully saturated rings. The zero-order valence-electron chi connectivity index (χ0n) is 11.5. The Morgan fingerprint density at radius 2 is 2.37 bits per heavy atom. The van der Waals surface area contributed by atoms with Crippen molar-refractivity contribution in [1.82, 2.24) is 4.98 Å². The Balaban J connectivity index is 1.79. The predicted octanol–water partition coefficient (Wildman–Crippen LogP) is 3.18. The fraction of sp³-hybridized carbons (Fsp3) is 0.625. The van der Waals surface area contributed by atoms with E-state index < -0.39 is 0 Å². The molecule has 19 heavy (non-hydrogen) atoms. The topological polar surface area (TPSA) is 39.2 Å². The number of carbonyl (C=O) groups excluding carboxylic acids is 1. The van der Waals surface area contributed by atoms with Crippen LogP contribution in [-0.2, 0) is 11.2 Å². The summed E-state index contributed by atoms with van der Waals surface area (Å²) >= 11 is 0. The molecule has 0 aromatic carbocycles. The highest BCUT2D eigenvalue weighted by Crippen LogP contribution is 2.44. The van der Waals surface area contributed by atoms with Crippen molar-refractivity contribution in [3.8, 4) is 0 Å². The second-order valence-electron chi connectivity index (χ2n) is 5.83. The molecule has 0 bridgehead atoms. The molecule has 3 nitrogen and oxygen atoms in total. The Labute approximate surface area is 114 Å². The van der Waals surface area contributed by atoms with Crippen LogP contribution in [0.4, 0.5) is 0 Å². The second-order valence-corrected chi connectivity index (χ2v) is 5.83. The van der Waals surface area contributed by atoms with Crippen molar-refractivity contribution >= 4 is 5.78 Å². The number of ketones is 1. The largest absolute Gasteiger partial charge is 0.375 e. The summed E-state index contributed by atoms with van der Waals surface area (Å²) in [7, 11) is 0. The third kappa shape index (κ3) is 2.32. The summed E-state index contributed by atoms with van der Waals surface area (Å²) in [6.07, 6.45) is 9.71. The number of pyridine rings is 1. The van der Waals surface area contributed by atoms with Gasteiger partial charge in [0.1, 0.15) is 0 Å². The van der Waals surface area contributed by atoms with Crippen LogP contribution in [0.2, 0.25) is 0 Å². The molecule has 1 saturated carbocycles. The number of ether oxygens (including phenoxy) is 1. The molecule has 1 aliphatic heterocycles. The molecule has 0 N–H and O–H groups in total. The molecule has 2 aliphatic rings. The molecule has 3 rings (SSSR count). The van der Waals surface area contributed by atoms with Crippen molar-refractivity contribution in [2.45, 2.75) is 51.0 Å². The normalized spacial score (nSPS) is 25.0. The molecule has 3 heteroatoms. The van der Waals surface area contributed by atoms with Crippen LogP contribution in [0.5, 0.6) is 0 Å². The van der Waals surface area contributed by atoms with Crippen molar-refractivity contribution in [3.63, 3.8) is 0 Å². The zero-order valence-corrected chi connectivity index (χ0v) is 11.5. The summed E-state index contributed by atoms with van der Waals surface area (Å²) in [6, 6.07) is 1.88. The van der Waals surface area contributed by atoms with E-state index in [-0.39, 0.29) is 11.5 Å². The van der Waals surface area contributed by atoms with Gasteiger partial charge in [0.05, 0.1) is 5.60 Å². The molecule has 2 heterocycles. The summed E-state index contributed by atoms with van der Waals surface area (Å²) in [6.45, 7) is 2.81. The van der Waals surface area contributed by atoms with Crippen LogP contribution in [-0.4, -0.2) is 23.0 Å². The number of aryl methyl sites for hydroxylation is 1. The van der Waals surface area contributed by atoms with E-state index in [0.29, 0.717) is 5.78 Å². The van der Waals surface area contributed by atoms with E-state index in [4.69, 9.17) is 4.74 Å². The van der Waals surface area contributed by atoms with Gasteiger partial charge in [0.15, 0.2) is 5.78 Å². The molecule has 1 aliphatic carbocycles. The highest BCUT2D eigenvalue weighted by Gasteiger charge is 2.44. The summed E-state index contributed by atoms with van der Waals surface area (Å²) in [5.41, 5.74) is 1.98. The molecular formula is C16H21NO2. The van der Waals surface area contributed by atoms with Crippen LogP contribution in [0, 0.1) is 5.92 Å². The molecule has 1 saturated heterocycles. The summed E-state index contributed by atoms with van der Waals surface area (Å²) in [5, 5.41) is 0. The Hall–Kier alpha value is -1.22. The summed E-state index contributed by atoms with van der Waals surface area (Å²) in [4.78, 5) is 16.8. The van der Waals surface area contributed by atoms with Crippen LogP contribution in [0.15, 0.2) is 18.5 Å². The van der Waals surface area contributed by atoms with E-state index in [1.165, 1.54) is 6.42 Å². The van der Waals surface area contributed by atoms with Crippen molar-refractivity contribution in [3.05, 3.63) is 29.6 Å². The maximum absolute atomic E-state index is 12.7. The first-order chi connectivity index (χ1) is 9.24. The van der Waals surface area contributed by atoms with E-state index in [9.17, 15) is 4.79 Å². The number of hydrogen-bond donors (Lipinski definition) is 0. The standard InChI is InChI=1S/C16H21NO2/c1-2-12-11-17-8-4-14(12)15(18)13-5-9-19-16(10-13)6-3-7-16/h4,8,11,13H,2-3,5-7,9-10H2,1H3. The van der Waals surface area contributed by atoms with Gasteiger partial charge in [0.2, 0.25) is 0 Å². The zero-order chi connectivity index (χ0) is 13.3. The molecule has 0 radical (unpaired) electrons. The van der Waals surface area contributed by atoms with Gasteiger partial charge < -0.3 is 4.74 Å². The molecule has 1 unspecified atom stereocenters. The Kier molecular flexibility index (Phi) is 3.40. The smallest absolute Gasteiger partial charge is 0.166 e. The molecule has 1 atom stereocenters. The van der Waals surface area contributed by atoms with E-state index >= 15 is 0 Å². The number of carbonyl (C=O) groups is 1. The molecular weight excluding hydrogens is 238 g/mol. The van der Waals surface area contributed by atoms with Crippen LogP contribution in [0.25, 0.3) is 0 Å². The minimum Gasteiger partial charge on any atom is -0.375 e. The van der Waals surface area contributed by atoms with Gasteiger partial charge in [-0.3, -0.25) is 9.78 Å². The summed E-state index contributed by atoms with van der Waals surface area (Å²) < 4.78 is 5.91. The highest BCUT2D eigenvalue weighted by molar-refractivity contribution is 5.99. The van der Waals surface area contributed by atoms with Gasteiger partial charge >= 0.3 is 0 Å².